The standard InChI is InChI=1S/C13H12F3NO5/c1-7(18)17-10(12(20)21-2)11(19)8-4-3-5-9(6-8)22-13(14,15)16/h3-6,10H,1-2H3,(H,17,18)/t10-/m0/s1. The molecule has 9 heteroatoms. The first-order valence-corrected chi connectivity index (χ1v) is 5.89. The van der Waals surface area contributed by atoms with Crippen LogP contribution in [0.25, 0.3) is 0 Å². The Labute approximate surface area is 123 Å². The van der Waals surface area contributed by atoms with Crippen LogP contribution < -0.4 is 10.1 Å². The van der Waals surface area contributed by atoms with E-state index in [-0.39, 0.29) is 5.56 Å². The van der Waals surface area contributed by atoms with Crippen LogP contribution in [0.15, 0.2) is 24.3 Å². The first-order chi connectivity index (χ1) is 10.1. The molecule has 0 unspecified atom stereocenters. The largest absolute Gasteiger partial charge is 0.573 e. The Hall–Kier alpha value is -2.58. The van der Waals surface area contributed by atoms with Crippen molar-refractivity contribution >= 4 is 17.7 Å². The van der Waals surface area contributed by atoms with Gasteiger partial charge < -0.3 is 14.8 Å². The van der Waals surface area contributed by atoms with Crippen molar-refractivity contribution in [3.63, 3.8) is 0 Å². The number of alkyl halides is 3. The molecule has 1 amide bonds. The zero-order valence-electron chi connectivity index (χ0n) is 11.6. The number of rotatable bonds is 5. The number of methoxy groups -OCH3 is 1. The van der Waals surface area contributed by atoms with Gasteiger partial charge in [-0.25, -0.2) is 4.79 Å². The number of ketones is 1. The highest BCUT2D eigenvalue weighted by Gasteiger charge is 2.33. The van der Waals surface area contributed by atoms with Gasteiger partial charge in [-0.3, -0.25) is 9.59 Å². The first-order valence-electron chi connectivity index (χ1n) is 5.89. The number of Topliss-reactive ketones (excluding diaryl/α,β-unsaturated/α-hetero) is 1. The molecule has 0 radical (unpaired) electrons. The Balaban J connectivity index is 3.06. The SMILES string of the molecule is COC(=O)[C@@H](NC(C)=O)C(=O)c1cccc(OC(F)(F)F)c1. The molecule has 0 spiro atoms. The van der Waals surface area contributed by atoms with Crippen LogP contribution in [0.1, 0.15) is 17.3 Å². The van der Waals surface area contributed by atoms with Crippen LogP contribution in [-0.2, 0) is 14.3 Å². The highest BCUT2D eigenvalue weighted by Crippen LogP contribution is 2.23. The maximum atomic E-state index is 12.1. The van der Waals surface area contributed by atoms with Crippen molar-refractivity contribution in [2.75, 3.05) is 7.11 Å². The average molecular weight is 319 g/mol. The van der Waals surface area contributed by atoms with E-state index in [1.54, 1.807) is 0 Å². The number of esters is 1. The minimum Gasteiger partial charge on any atom is -0.467 e. The predicted molar refractivity (Wildman–Crippen MR) is 67.1 cm³/mol. The van der Waals surface area contributed by atoms with Gasteiger partial charge in [0.15, 0.2) is 11.8 Å². The fraction of sp³-hybridized carbons (Fsp3) is 0.308. The second-order valence-electron chi connectivity index (χ2n) is 4.10. The minimum absolute atomic E-state index is 0.245. The summed E-state index contributed by atoms with van der Waals surface area (Å²) < 4.78 is 44.5. The van der Waals surface area contributed by atoms with E-state index in [0.29, 0.717) is 0 Å². The number of hydrogen-bond acceptors (Lipinski definition) is 5. The Morgan fingerprint density at radius 3 is 2.36 bits per heavy atom. The van der Waals surface area contributed by atoms with E-state index < -0.39 is 35.8 Å². The van der Waals surface area contributed by atoms with Gasteiger partial charge in [0.1, 0.15) is 5.75 Å². The summed E-state index contributed by atoms with van der Waals surface area (Å²) >= 11 is 0. The van der Waals surface area contributed by atoms with Crippen molar-refractivity contribution < 1.29 is 37.0 Å². The number of halogens is 3. The molecule has 1 atom stereocenters. The lowest BCUT2D eigenvalue weighted by atomic mass is 10.0. The third-order valence-corrected chi connectivity index (χ3v) is 2.40. The van der Waals surface area contributed by atoms with Gasteiger partial charge in [-0.05, 0) is 12.1 Å². The number of benzene rings is 1. The Bertz CT molecular complexity index is 585. The van der Waals surface area contributed by atoms with Crippen molar-refractivity contribution in [3.8, 4) is 5.75 Å². The van der Waals surface area contributed by atoms with Crippen LogP contribution in [0.3, 0.4) is 0 Å². The lowest BCUT2D eigenvalue weighted by molar-refractivity contribution is -0.274. The van der Waals surface area contributed by atoms with Crippen molar-refractivity contribution in [1.29, 1.82) is 0 Å². The third kappa shape index (κ3) is 5.08. The van der Waals surface area contributed by atoms with E-state index in [2.05, 4.69) is 14.8 Å². The molecule has 22 heavy (non-hydrogen) atoms. The highest BCUT2D eigenvalue weighted by atomic mass is 19.4. The summed E-state index contributed by atoms with van der Waals surface area (Å²) in [5, 5.41) is 2.07. The second-order valence-corrected chi connectivity index (χ2v) is 4.10. The number of amides is 1. The van der Waals surface area contributed by atoms with Crippen LogP contribution in [-0.4, -0.2) is 37.2 Å². The van der Waals surface area contributed by atoms with Crippen LogP contribution in [0.4, 0.5) is 13.2 Å². The van der Waals surface area contributed by atoms with Gasteiger partial charge in [-0.2, -0.15) is 0 Å². The Morgan fingerprint density at radius 1 is 1.23 bits per heavy atom. The number of carbonyl (C=O) groups excluding carboxylic acids is 3. The molecule has 0 aliphatic rings. The topological polar surface area (TPSA) is 81.7 Å². The van der Waals surface area contributed by atoms with Crippen molar-refractivity contribution in [1.82, 2.24) is 5.32 Å². The number of ether oxygens (including phenoxy) is 2. The molecule has 0 saturated carbocycles. The van der Waals surface area contributed by atoms with Crippen molar-refractivity contribution in [2.24, 2.45) is 0 Å². The van der Waals surface area contributed by atoms with Gasteiger partial charge in [-0.15, -0.1) is 13.2 Å². The summed E-state index contributed by atoms with van der Waals surface area (Å²) in [7, 11) is 1.01. The lowest BCUT2D eigenvalue weighted by Gasteiger charge is -2.15. The second kappa shape index (κ2) is 6.92. The quantitative estimate of drug-likeness (QED) is 0.504. The normalized spacial score (nSPS) is 12.2. The molecule has 6 nitrogen and oxygen atoms in total. The van der Waals surface area contributed by atoms with Crippen LogP contribution in [0.2, 0.25) is 0 Å². The summed E-state index contributed by atoms with van der Waals surface area (Å²) in [6, 6.07) is 2.49. The molecule has 0 heterocycles. The Morgan fingerprint density at radius 2 is 1.86 bits per heavy atom. The van der Waals surface area contributed by atoms with Gasteiger partial charge >= 0.3 is 12.3 Å². The summed E-state index contributed by atoms with van der Waals surface area (Å²) in [6.07, 6.45) is -4.92. The van der Waals surface area contributed by atoms with E-state index in [9.17, 15) is 27.6 Å². The van der Waals surface area contributed by atoms with Crippen molar-refractivity contribution in [2.45, 2.75) is 19.3 Å². The predicted octanol–water partition coefficient (Wildman–Crippen LogP) is 1.45. The van der Waals surface area contributed by atoms with Crippen LogP contribution in [0.5, 0.6) is 5.75 Å². The molecule has 0 aromatic heterocycles. The van der Waals surface area contributed by atoms with E-state index >= 15 is 0 Å². The van der Waals surface area contributed by atoms with Gasteiger partial charge in [0.05, 0.1) is 7.11 Å². The zero-order valence-corrected chi connectivity index (χ0v) is 11.6. The molecule has 1 aromatic carbocycles. The molecule has 0 saturated heterocycles. The van der Waals surface area contributed by atoms with Crippen molar-refractivity contribution in [3.05, 3.63) is 29.8 Å². The Kier molecular flexibility index (Phi) is 5.50. The monoisotopic (exact) mass is 319 g/mol. The summed E-state index contributed by atoms with van der Waals surface area (Å²) in [5.41, 5.74) is -0.245. The van der Waals surface area contributed by atoms with E-state index in [1.165, 1.54) is 6.07 Å². The highest BCUT2D eigenvalue weighted by molar-refractivity contribution is 6.13. The smallest absolute Gasteiger partial charge is 0.467 e. The molecule has 0 bridgehead atoms. The fourth-order valence-corrected chi connectivity index (χ4v) is 1.57. The molecule has 120 valence electrons. The van der Waals surface area contributed by atoms with Crippen LogP contribution in [0, 0.1) is 0 Å². The molecule has 1 aromatic rings. The van der Waals surface area contributed by atoms with Gasteiger partial charge in [-0.1, -0.05) is 12.1 Å². The zero-order chi connectivity index (χ0) is 16.9. The molecule has 0 aliphatic carbocycles. The summed E-state index contributed by atoms with van der Waals surface area (Å²) in [5.74, 6) is -3.26. The molecule has 0 fully saturated rings. The maximum absolute atomic E-state index is 12.1. The number of hydrogen-bond donors (Lipinski definition) is 1. The number of carbonyl (C=O) groups is 3. The third-order valence-electron chi connectivity index (χ3n) is 2.40. The van der Waals surface area contributed by atoms with Crippen LogP contribution >= 0.6 is 0 Å². The van der Waals surface area contributed by atoms with E-state index in [4.69, 9.17) is 0 Å². The average Bonchev–Trinajstić information content (AvgIpc) is 2.41. The number of nitrogens with one attached hydrogen (secondary N) is 1. The minimum atomic E-state index is -4.92. The molecule has 1 N–H and O–H groups in total. The lowest BCUT2D eigenvalue weighted by Crippen LogP contribution is -2.46. The molecule has 0 aliphatic heterocycles. The molecular formula is C13H12F3NO5. The molecular weight excluding hydrogens is 307 g/mol. The summed E-state index contributed by atoms with van der Waals surface area (Å²) in [4.78, 5) is 34.7. The van der Waals surface area contributed by atoms with E-state index in [0.717, 1.165) is 32.2 Å². The molecule has 1 rings (SSSR count). The van der Waals surface area contributed by atoms with Gasteiger partial charge in [0, 0.05) is 12.5 Å². The fourth-order valence-electron chi connectivity index (χ4n) is 1.57. The first kappa shape index (κ1) is 17.5. The maximum Gasteiger partial charge on any atom is 0.573 e. The van der Waals surface area contributed by atoms with Gasteiger partial charge in [0.25, 0.3) is 0 Å². The van der Waals surface area contributed by atoms with Gasteiger partial charge in [0.2, 0.25) is 5.91 Å². The summed E-state index contributed by atoms with van der Waals surface area (Å²) in [6.45, 7) is 1.08. The van der Waals surface area contributed by atoms with E-state index in [1.807, 2.05) is 0 Å².